The van der Waals surface area contributed by atoms with Gasteiger partial charge in [0.2, 0.25) is 0 Å². The number of aryl methyl sites for hydroxylation is 2. The lowest BCUT2D eigenvalue weighted by Gasteiger charge is -2.05. The topological polar surface area (TPSA) is 48.9 Å². The number of imidazole rings is 1. The minimum absolute atomic E-state index is 0.429. The second-order valence-electron chi connectivity index (χ2n) is 3.73. The molecule has 14 heavy (non-hydrogen) atoms. The molecule has 2 rings (SSSR count). The average Bonchev–Trinajstić information content (AvgIpc) is 2.45. The summed E-state index contributed by atoms with van der Waals surface area (Å²) in [5.74, 6) is 0.908. The number of aliphatic hydroxyl groups excluding tert-OH is 1. The van der Waals surface area contributed by atoms with Gasteiger partial charge < -0.3 is 10.1 Å². The fourth-order valence-corrected chi connectivity index (χ4v) is 1.68. The number of hydrogen-bond acceptors (Lipinski definition) is 2. The molecule has 3 heteroatoms. The van der Waals surface area contributed by atoms with Crippen molar-refractivity contribution in [1.29, 1.82) is 0 Å². The first-order chi connectivity index (χ1) is 6.58. The zero-order chi connectivity index (χ0) is 10.3. The molecule has 0 saturated carbocycles. The van der Waals surface area contributed by atoms with Crippen LogP contribution in [-0.2, 0) is 0 Å². The lowest BCUT2D eigenvalue weighted by atomic mass is 10.1. The molecule has 1 aromatic carbocycles. The Labute approximate surface area is 82.8 Å². The third-order valence-electron chi connectivity index (χ3n) is 2.40. The Kier molecular flexibility index (Phi) is 2.04. The van der Waals surface area contributed by atoms with Crippen LogP contribution < -0.4 is 0 Å². The molecule has 1 heterocycles. The second-order valence-corrected chi connectivity index (χ2v) is 3.73. The number of benzene rings is 1. The molecule has 1 aromatic heterocycles. The maximum absolute atomic E-state index is 9.48. The number of aromatic nitrogens is 2. The Morgan fingerprint density at radius 3 is 2.71 bits per heavy atom. The van der Waals surface area contributed by atoms with Gasteiger partial charge in [0.25, 0.3) is 0 Å². The van der Waals surface area contributed by atoms with Gasteiger partial charge in [-0.15, -0.1) is 0 Å². The first kappa shape index (κ1) is 9.21. The lowest BCUT2D eigenvalue weighted by Crippen LogP contribution is -1.92. The van der Waals surface area contributed by atoms with E-state index in [-0.39, 0.29) is 0 Å². The molecule has 0 aliphatic carbocycles. The number of nitrogens with zero attached hydrogens (tertiary/aromatic N) is 1. The first-order valence-electron chi connectivity index (χ1n) is 4.73. The summed E-state index contributed by atoms with van der Waals surface area (Å²) in [6.07, 6.45) is -0.429. The molecule has 0 spiro atoms. The fraction of sp³-hybridized carbons (Fsp3) is 0.364. The van der Waals surface area contributed by atoms with Crippen molar-refractivity contribution in [1.82, 2.24) is 9.97 Å². The minimum Gasteiger partial charge on any atom is -0.389 e. The van der Waals surface area contributed by atoms with Gasteiger partial charge in [0, 0.05) is 0 Å². The van der Waals surface area contributed by atoms with Gasteiger partial charge in [0.1, 0.15) is 5.82 Å². The highest BCUT2D eigenvalue weighted by Gasteiger charge is 2.07. The summed E-state index contributed by atoms with van der Waals surface area (Å²) in [6, 6.07) is 3.93. The van der Waals surface area contributed by atoms with Gasteiger partial charge in [-0.3, -0.25) is 0 Å². The van der Waals surface area contributed by atoms with Crippen molar-refractivity contribution in [2.45, 2.75) is 26.9 Å². The molecular weight excluding hydrogens is 176 g/mol. The van der Waals surface area contributed by atoms with E-state index in [9.17, 15) is 5.11 Å². The standard InChI is InChI=1S/C11H14N2O/c1-6-4-9(7(2)14)5-10-11(6)13-8(3)12-10/h4-5,7,14H,1-3H3,(H,12,13). The van der Waals surface area contributed by atoms with Crippen LogP contribution >= 0.6 is 0 Å². The van der Waals surface area contributed by atoms with Crippen LogP contribution in [0.15, 0.2) is 12.1 Å². The summed E-state index contributed by atoms with van der Waals surface area (Å²) >= 11 is 0. The number of fused-ring (bicyclic) bond motifs is 1. The van der Waals surface area contributed by atoms with Crippen molar-refractivity contribution >= 4 is 11.0 Å². The normalized spacial score (nSPS) is 13.4. The number of nitrogens with one attached hydrogen (secondary N) is 1. The number of H-pyrrole nitrogens is 1. The maximum atomic E-state index is 9.48. The Bertz CT molecular complexity index is 471. The van der Waals surface area contributed by atoms with E-state index in [1.807, 2.05) is 26.0 Å². The molecular formula is C11H14N2O. The summed E-state index contributed by atoms with van der Waals surface area (Å²) in [7, 11) is 0. The van der Waals surface area contributed by atoms with Gasteiger partial charge in [-0.2, -0.15) is 0 Å². The van der Waals surface area contributed by atoms with Crippen LogP contribution in [-0.4, -0.2) is 15.1 Å². The summed E-state index contributed by atoms with van der Waals surface area (Å²) in [5.41, 5.74) is 4.02. The van der Waals surface area contributed by atoms with E-state index in [4.69, 9.17) is 0 Å². The second kappa shape index (κ2) is 3.10. The molecule has 0 aliphatic heterocycles. The van der Waals surface area contributed by atoms with Crippen molar-refractivity contribution in [3.05, 3.63) is 29.1 Å². The van der Waals surface area contributed by atoms with Gasteiger partial charge in [-0.1, -0.05) is 6.07 Å². The Morgan fingerprint density at radius 1 is 1.36 bits per heavy atom. The predicted octanol–water partition coefficient (Wildman–Crippen LogP) is 2.23. The molecule has 0 amide bonds. The van der Waals surface area contributed by atoms with Crippen molar-refractivity contribution in [3.8, 4) is 0 Å². The van der Waals surface area contributed by atoms with E-state index >= 15 is 0 Å². The van der Waals surface area contributed by atoms with Crippen LogP contribution in [0.2, 0.25) is 0 Å². The summed E-state index contributed by atoms with van der Waals surface area (Å²) in [6.45, 7) is 5.71. The van der Waals surface area contributed by atoms with Crippen LogP contribution in [0.25, 0.3) is 11.0 Å². The van der Waals surface area contributed by atoms with E-state index in [2.05, 4.69) is 9.97 Å². The summed E-state index contributed by atoms with van der Waals surface area (Å²) in [4.78, 5) is 7.55. The van der Waals surface area contributed by atoms with Gasteiger partial charge in [0.05, 0.1) is 17.1 Å². The van der Waals surface area contributed by atoms with E-state index in [0.29, 0.717) is 0 Å². The molecule has 0 radical (unpaired) electrons. The average molecular weight is 190 g/mol. The monoisotopic (exact) mass is 190 g/mol. The molecule has 2 N–H and O–H groups in total. The van der Waals surface area contributed by atoms with E-state index < -0.39 is 6.10 Å². The lowest BCUT2D eigenvalue weighted by molar-refractivity contribution is 0.199. The van der Waals surface area contributed by atoms with Gasteiger partial charge in [-0.05, 0) is 38.0 Å². The van der Waals surface area contributed by atoms with Crippen molar-refractivity contribution in [2.24, 2.45) is 0 Å². The Balaban J connectivity index is 2.71. The van der Waals surface area contributed by atoms with Crippen LogP contribution in [0.3, 0.4) is 0 Å². The van der Waals surface area contributed by atoms with E-state index in [1.54, 1.807) is 6.92 Å². The quantitative estimate of drug-likeness (QED) is 0.724. The molecule has 2 aromatic rings. The summed E-state index contributed by atoms with van der Waals surface area (Å²) < 4.78 is 0. The molecule has 74 valence electrons. The third kappa shape index (κ3) is 1.40. The molecule has 1 atom stereocenters. The molecule has 3 nitrogen and oxygen atoms in total. The fourth-order valence-electron chi connectivity index (χ4n) is 1.68. The zero-order valence-corrected chi connectivity index (χ0v) is 8.63. The number of hydrogen-bond donors (Lipinski definition) is 2. The first-order valence-corrected chi connectivity index (χ1v) is 4.73. The molecule has 0 bridgehead atoms. The van der Waals surface area contributed by atoms with Crippen molar-refractivity contribution < 1.29 is 5.11 Å². The van der Waals surface area contributed by atoms with Gasteiger partial charge in [0.15, 0.2) is 0 Å². The Morgan fingerprint density at radius 2 is 2.07 bits per heavy atom. The largest absolute Gasteiger partial charge is 0.389 e. The molecule has 0 saturated heterocycles. The van der Waals surface area contributed by atoms with Gasteiger partial charge >= 0.3 is 0 Å². The number of rotatable bonds is 1. The maximum Gasteiger partial charge on any atom is 0.104 e. The predicted molar refractivity (Wildman–Crippen MR) is 56.2 cm³/mol. The third-order valence-corrected chi connectivity index (χ3v) is 2.40. The number of aliphatic hydroxyl groups is 1. The molecule has 0 fully saturated rings. The molecule has 1 unspecified atom stereocenters. The number of aromatic amines is 1. The van der Waals surface area contributed by atoms with E-state index in [0.717, 1.165) is 28.0 Å². The van der Waals surface area contributed by atoms with E-state index in [1.165, 1.54) is 0 Å². The summed E-state index contributed by atoms with van der Waals surface area (Å²) in [5, 5.41) is 9.48. The smallest absolute Gasteiger partial charge is 0.104 e. The van der Waals surface area contributed by atoms with Crippen LogP contribution in [0.1, 0.15) is 30.0 Å². The Hall–Kier alpha value is -1.35. The zero-order valence-electron chi connectivity index (χ0n) is 8.63. The SMILES string of the molecule is Cc1nc2c(C)cc(C(C)O)cc2[nH]1. The highest BCUT2D eigenvalue weighted by molar-refractivity contribution is 5.79. The van der Waals surface area contributed by atoms with Crippen LogP contribution in [0, 0.1) is 13.8 Å². The van der Waals surface area contributed by atoms with Gasteiger partial charge in [-0.25, -0.2) is 4.98 Å². The van der Waals surface area contributed by atoms with Crippen molar-refractivity contribution in [3.63, 3.8) is 0 Å². The highest BCUT2D eigenvalue weighted by Crippen LogP contribution is 2.22. The highest BCUT2D eigenvalue weighted by atomic mass is 16.3. The van der Waals surface area contributed by atoms with Crippen LogP contribution in [0.5, 0.6) is 0 Å². The molecule has 0 aliphatic rings. The minimum atomic E-state index is -0.429. The van der Waals surface area contributed by atoms with Crippen molar-refractivity contribution in [2.75, 3.05) is 0 Å². The van der Waals surface area contributed by atoms with Crippen LogP contribution in [0.4, 0.5) is 0 Å².